The average Bonchev–Trinajstić information content (AvgIpc) is 3.52. The minimum Gasteiger partial charge on any atom is -0.495 e. The fourth-order valence-corrected chi connectivity index (χ4v) is 3.32. The van der Waals surface area contributed by atoms with Gasteiger partial charge in [-0.1, -0.05) is 24.3 Å². The van der Waals surface area contributed by atoms with Gasteiger partial charge in [-0.15, -0.1) is 0 Å². The molecule has 1 aliphatic carbocycles. The first kappa shape index (κ1) is 20.7. The second kappa shape index (κ2) is 8.63. The lowest BCUT2D eigenvalue weighted by Crippen LogP contribution is -2.30. The first-order valence-corrected chi connectivity index (χ1v) is 10.3. The van der Waals surface area contributed by atoms with E-state index >= 15 is 0 Å². The SMILES string of the molecule is COc1ccc(C)cc1NC(=O)[C@@H](C)OC(=O)c1cc(C2CC2)nn1-c1ccccc1. The summed E-state index contributed by atoms with van der Waals surface area (Å²) in [6, 6.07) is 16.7. The minimum absolute atomic E-state index is 0.306. The number of aromatic nitrogens is 2. The zero-order valence-electron chi connectivity index (χ0n) is 17.8. The van der Waals surface area contributed by atoms with Crippen LogP contribution in [0.3, 0.4) is 0 Å². The second-order valence-corrected chi connectivity index (χ2v) is 7.72. The number of ether oxygens (including phenoxy) is 2. The first-order valence-electron chi connectivity index (χ1n) is 10.3. The van der Waals surface area contributed by atoms with Crippen molar-refractivity contribution in [3.8, 4) is 11.4 Å². The molecule has 0 radical (unpaired) electrons. The molecule has 1 aliphatic rings. The van der Waals surface area contributed by atoms with Gasteiger partial charge in [-0.2, -0.15) is 5.10 Å². The van der Waals surface area contributed by atoms with Crippen molar-refractivity contribution in [2.24, 2.45) is 0 Å². The van der Waals surface area contributed by atoms with E-state index in [-0.39, 0.29) is 0 Å². The van der Waals surface area contributed by atoms with E-state index in [1.807, 2.05) is 43.3 Å². The largest absolute Gasteiger partial charge is 0.495 e. The highest BCUT2D eigenvalue weighted by molar-refractivity contribution is 5.98. The van der Waals surface area contributed by atoms with E-state index in [1.54, 1.807) is 29.8 Å². The monoisotopic (exact) mass is 419 g/mol. The number of methoxy groups -OCH3 is 1. The van der Waals surface area contributed by atoms with Crippen molar-refractivity contribution in [1.82, 2.24) is 9.78 Å². The van der Waals surface area contributed by atoms with Crippen molar-refractivity contribution in [2.75, 3.05) is 12.4 Å². The van der Waals surface area contributed by atoms with Crippen LogP contribution in [0.1, 0.15) is 47.4 Å². The number of amides is 1. The van der Waals surface area contributed by atoms with Crippen molar-refractivity contribution in [2.45, 2.75) is 38.7 Å². The van der Waals surface area contributed by atoms with Gasteiger partial charge in [0.1, 0.15) is 5.75 Å². The number of carbonyl (C=O) groups excluding carboxylic acids is 2. The molecule has 1 aromatic heterocycles. The molecule has 0 unspecified atom stereocenters. The number of hydrogen-bond donors (Lipinski definition) is 1. The quantitative estimate of drug-likeness (QED) is 0.579. The topological polar surface area (TPSA) is 82.4 Å². The lowest BCUT2D eigenvalue weighted by Gasteiger charge is -2.16. The van der Waals surface area contributed by atoms with Gasteiger partial charge in [-0.05, 0) is 62.6 Å². The van der Waals surface area contributed by atoms with Crippen molar-refractivity contribution in [3.05, 3.63) is 71.5 Å². The maximum Gasteiger partial charge on any atom is 0.357 e. The standard InChI is InChI=1S/C24H25N3O4/c1-15-9-12-22(30-3)20(13-15)25-23(28)16(2)31-24(29)21-14-19(17-10-11-17)26-27(21)18-7-5-4-6-8-18/h4-9,12-14,16-17H,10-11H2,1-3H3,(H,25,28)/t16-/m1/s1. The number of anilines is 1. The Bertz CT molecular complexity index is 1100. The molecule has 7 heteroatoms. The predicted molar refractivity (Wildman–Crippen MR) is 117 cm³/mol. The third-order valence-electron chi connectivity index (χ3n) is 5.20. The maximum atomic E-state index is 13.0. The van der Waals surface area contributed by atoms with E-state index in [0.717, 1.165) is 29.8 Å². The Hall–Kier alpha value is -3.61. The smallest absolute Gasteiger partial charge is 0.357 e. The first-order chi connectivity index (χ1) is 15.0. The average molecular weight is 419 g/mol. The number of hydrogen-bond acceptors (Lipinski definition) is 5. The Morgan fingerprint density at radius 1 is 1.13 bits per heavy atom. The minimum atomic E-state index is -0.999. The van der Waals surface area contributed by atoms with Gasteiger partial charge in [-0.25, -0.2) is 9.48 Å². The molecule has 1 atom stereocenters. The van der Waals surface area contributed by atoms with Crippen LogP contribution in [0.25, 0.3) is 5.69 Å². The van der Waals surface area contributed by atoms with Crippen molar-refractivity contribution < 1.29 is 19.1 Å². The van der Waals surface area contributed by atoms with Crippen molar-refractivity contribution in [1.29, 1.82) is 0 Å². The Kier molecular flexibility index (Phi) is 5.75. The fraction of sp³-hybridized carbons (Fsp3) is 0.292. The molecular formula is C24H25N3O4. The third kappa shape index (κ3) is 4.60. The fourth-order valence-electron chi connectivity index (χ4n) is 3.32. The Morgan fingerprint density at radius 2 is 1.87 bits per heavy atom. The Morgan fingerprint density at radius 3 is 2.55 bits per heavy atom. The summed E-state index contributed by atoms with van der Waals surface area (Å²) in [6.07, 6.45) is 1.13. The summed E-state index contributed by atoms with van der Waals surface area (Å²) in [5, 5.41) is 7.39. The van der Waals surface area contributed by atoms with Crippen LogP contribution >= 0.6 is 0 Å². The highest BCUT2D eigenvalue weighted by Gasteiger charge is 2.30. The molecule has 1 amide bonds. The van der Waals surface area contributed by atoms with Crippen LogP contribution in [-0.2, 0) is 9.53 Å². The van der Waals surface area contributed by atoms with Gasteiger partial charge in [0, 0.05) is 5.92 Å². The Labute approximate surface area is 181 Å². The molecule has 0 saturated heterocycles. The number of nitrogens with one attached hydrogen (secondary N) is 1. The lowest BCUT2D eigenvalue weighted by atomic mass is 10.2. The molecule has 4 rings (SSSR count). The Balaban J connectivity index is 1.51. The van der Waals surface area contributed by atoms with E-state index in [0.29, 0.717) is 23.0 Å². The number of para-hydroxylation sites is 1. The van der Waals surface area contributed by atoms with E-state index < -0.39 is 18.0 Å². The molecule has 2 aromatic carbocycles. The van der Waals surface area contributed by atoms with Crippen LogP contribution in [0.4, 0.5) is 5.69 Å². The van der Waals surface area contributed by atoms with Crippen molar-refractivity contribution >= 4 is 17.6 Å². The molecule has 1 N–H and O–H groups in total. The van der Waals surface area contributed by atoms with Gasteiger partial charge in [0.2, 0.25) is 0 Å². The zero-order chi connectivity index (χ0) is 22.0. The number of aryl methyl sites for hydroxylation is 1. The van der Waals surface area contributed by atoms with Crippen LogP contribution < -0.4 is 10.1 Å². The van der Waals surface area contributed by atoms with Gasteiger partial charge in [0.25, 0.3) is 5.91 Å². The number of nitrogens with zero attached hydrogens (tertiary/aromatic N) is 2. The summed E-state index contributed by atoms with van der Waals surface area (Å²) in [5.74, 6) is -0.118. The molecule has 160 valence electrons. The van der Waals surface area contributed by atoms with Gasteiger partial charge >= 0.3 is 5.97 Å². The second-order valence-electron chi connectivity index (χ2n) is 7.72. The van der Waals surface area contributed by atoms with Gasteiger partial charge in [-0.3, -0.25) is 4.79 Å². The summed E-state index contributed by atoms with van der Waals surface area (Å²) in [4.78, 5) is 25.6. The summed E-state index contributed by atoms with van der Waals surface area (Å²) in [5.41, 5.74) is 3.45. The molecule has 1 heterocycles. The van der Waals surface area contributed by atoms with Crippen molar-refractivity contribution in [3.63, 3.8) is 0 Å². The van der Waals surface area contributed by atoms with Crippen LogP contribution in [-0.4, -0.2) is 34.9 Å². The molecule has 7 nitrogen and oxygen atoms in total. The highest BCUT2D eigenvalue weighted by atomic mass is 16.5. The third-order valence-corrected chi connectivity index (χ3v) is 5.20. The lowest BCUT2D eigenvalue weighted by molar-refractivity contribution is -0.123. The molecule has 3 aromatic rings. The van der Waals surface area contributed by atoms with Crippen LogP contribution in [0.2, 0.25) is 0 Å². The maximum absolute atomic E-state index is 13.0. The predicted octanol–water partition coefficient (Wildman–Crippen LogP) is 4.25. The highest BCUT2D eigenvalue weighted by Crippen LogP contribution is 2.39. The summed E-state index contributed by atoms with van der Waals surface area (Å²) in [6.45, 7) is 3.46. The molecule has 31 heavy (non-hydrogen) atoms. The molecule has 0 aliphatic heterocycles. The normalized spacial score (nSPS) is 14.0. The molecule has 1 fully saturated rings. The molecular weight excluding hydrogens is 394 g/mol. The van der Waals surface area contributed by atoms with E-state index in [1.165, 1.54) is 7.11 Å². The van der Waals surface area contributed by atoms with Gasteiger partial charge in [0.15, 0.2) is 11.8 Å². The number of esters is 1. The van der Waals surface area contributed by atoms with Crippen LogP contribution in [0, 0.1) is 6.92 Å². The summed E-state index contributed by atoms with van der Waals surface area (Å²) < 4.78 is 12.4. The summed E-state index contributed by atoms with van der Waals surface area (Å²) >= 11 is 0. The molecule has 0 spiro atoms. The van der Waals surface area contributed by atoms with Gasteiger partial charge in [0.05, 0.1) is 24.2 Å². The molecule has 1 saturated carbocycles. The zero-order valence-corrected chi connectivity index (χ0v) is 17.8. The van der Waals surface area contributed by atoms with Crippen LogP contribution in [0.15, 0.2) is 54.6 Å². The van der Waals surface area contributed by atoms with E-state index in [4.69, 9.17) is 9.47 Å². The number of carbonyl (C=O) groups is 2. The number of rotatable bonds is 7. The van der Waals surface area contributed by atoms with E-state index in [9.17, 15) is 9.59 Å². The summed E-state index contributed by atoms with van der Waals surface area (Å²) in [7, 11) is 1.53. The van der Waals surface area contributed by atoms with E-state index in [2.05, 4.69) is 10.4 Å². The molecule has 0 bridgehead atoms. The van der Waals surface area contributed by atoms with Crippen LogP contribution in [0.5, 0.6) is 5.75 Å². The number of benzene rings is 2. The van der Waals surface area contributed by atoms with Gasteiger partial charge < -0.3 is 14.8 Å².